The second-order valence-electron chi connectivity index (χ2n) is 3.99. The van der Waals surface area contributed by atoms with Gasteiger partial charge in [-0.05, 0) is 25.7 Å². The van der Waals surface area contributed by atoms with Crippen molar-refractivity contribution in [3.63, 3.8) is 0 Å². The minimum absolute atomic E-state index is 0.557. The SMILES string of the molecule is CCc1nsc(NC(C)C2CCC2)n1. The summed E-state index contributed by atoms with van der Waals surface area (Å²) in [6, 6.07) is 0.557. The van der Waals surface area contributed by atoms with Crippen LogP contribution in [0.25, 0.3) is 0 Å². The molecular weight excluding hydrogens is 194 g/mol. The lowest BCUT2D eigenvalue weighted by atomic mass is 9.80. The maximum Gasteiger partial charge on any atom is 0.202 e. The van der Waals surface area contributed by atoms with Gasteiger partial charge in [-0.1, -0.05) is 13.3 Å². The van der Waals surface area contributed by atoms with Gasteiger partial charge in [0.15, 0.2) is 0 Å². The zero-order valence-corrected chi connectivity index (χ0v) is 9.60. The predicted molar refractivity (Wildman–Crippen MR) is 59.7 cm³/mol. The summed E-state index contributed by atoms with van der Waals surface area (Å²) >= 11 is 1.48. The maximum absolute atomic E-state index is 4.41. The van der Waals surface area contributed by atoms with Crippen LogP contribution in [0.2, 0.25) is 0 Å². The zero-order valence-electron chi connectivity index (χ0n) is 8.79. The number of aryl methyl sites for hydroxylation is 1. The van der Waals surface area contributed by atoms with Gasteiger partial charge in [0, 0.05) is 24.0 Å². The van der Waals surface area contributed by atoms with E-state index in [0.717, 1.165) is 23.3 Å². The normalized spacial score (nSPS) is 19.0. The molecular formula is C10H17N3S. The summed E-state index contributed by atoms with van der Waals surface area (Å²) in [5.41, 5.74) is 0. The van der Waals surface area contributed by atoms with Gasteiger partial charge >= 0.3 is 0 Å². The molecule has 0 aliphatic heterocycles. The van der Waals surface area contributed by atoms with Gasteiger partial charge in [0.1, 0.15) is 5.82 Å². The Balaban J connectivity index is 1.89. The molecule has 0 amide bonds. The first-order valence-corrected chi connectivity index (χ1v) is 6.16. The largest absolute Gasteiger partial charge is 0.358 e. The van der Waals surface area contributed by atoms with Gasteiger partial charge in [-0.15, -0.1) is 0 Å². The molecule has 1 unspecified atom stereocenters. The van der Waals surface area contributed by atoms with Gasteiger partial charge in [0.2, 0.25) is 5.13 Å². The quantitative estimate of drug-likeness (QED) is 0.832. The Kier molecular flexibility index (Phi) is 3.01. The Bertz CT molecular complexity index is 293. The molecule has 1 atom stereocenters. The third-order valence-corrected chi connectivity index (χ3v) is 3.68. The molecule has 0 radical (unpaired) electrons. The fraction of sp³-hybridized carbons (Fsp3) is 0.800. The molecule has 1 aliphatic carbocycles. The van der Waals surface area contributed by atoms with Gasteiger partial charge in [0.05, 0.1) is 0 Å². The highest BCUT2D eigenvalue weighted by atomic mass is 32.1. The number of anilines is 1. The van der Waals surface area contributed by atoms with Crippen molar-refractivity contribution in [1.29, 1.82) is 0 Å². The summed E-state index contributed by atoms with van der Waals surface area (Å²) < 4.78 is 4.26. The first kappa shape index (κ1) is 9.90. The van der Waals surface area contributed by atoms with E-state index in [9.17, 15) is 0 Å². The van der Waals surface area contributed by atoms with Crippen LogP contribution >= 0.6 is 11.5 Å². The third-order valence-electron chi connectivity index (χ3n) is 2.99. The fourth-order valence-electron chi connectivity index (χ4n) is 1.71. The number of hydrogen-bond donors (Lipinski definition) is 1. The minimum atomic E-state index is 0.557. The molecule has 0 spiro atoms. The first-order valence-electron chi connectivity index (χ1n) is 5.38. The number of nitrogens with one attached hydrogen (secondary N) is 1. The van der Waals surface area contributed by atoms with E-state index in [4.69, 9.17) is 0 Å². The lowest BCUT2D eigenvalue weighted by molar-refractivity contribution is 0.285. The molecule has 1 fully saturated rings. The number of rotatable bonds is 4. The lowest BCUT2D eigenvalue weighted by Crippen LogP contribution is -2.30. The van der Waals surface area contributed by atoms with Crippen LogP contribution in [0.1, 0.15) is 38.9 Å². The van der Waals surface area contributed by atoms with Crippen molar-refractivity contribution in [2.75, 3.05) is 5.32 Å². The molecule has 1 saturated carbocycles. The molecule has 2 rings (SSSR count). The molecule has 4 heteroatoms. The Labute approximate surface area is 89.1 Å². The molecule has 0 saturated heterocycles. The Morgan fingerprint density at radius 1 is 1.57 bits per heavy atom. The van der Waals surface area contributed by atoms with Crippen LogP contribution in [0.15, 0.2) is 0 Å². The minimum Gasteiger partial charge on any atom is -0.358 e. The standard InChI is InChI=1S/C10H17N3S/c1-3-9-12-10(14-13-9)11-7(2)8-5-4-6-8/h7-8H,3-6H2,1-2H3,(H,11,12,13). The topological polar surface area (TPSA) is 37.8 Å². The average Bonchev–Trinajstić information content (AvgIpc) is 2.48. The Hall–Kier alpha value is -0.640. The Morgan fingerprint density at radius 3 is 2.86 bits per heavy atom. The van der Waals surface area contributed by atoms with Gasteiger partial charge in [-0.25, -0.2) is 4.98 Å². The maximum atomic E-state index is 4.41. The van der Waals surface area contributed by atoms with E-state index >= 15 is 0 Å². The molecule has 1 aliphatic rings. The molecule has 0 aromatic carbocycles. The van der Waals surface area contributed by atoms with E-state index in [1.54, 1.807) is 0 Å². The van der Waals surface area contributed by atoms with E-state index in [2.05, 4.69) is 28.5 Å². The summed E-state index contributed by atoms with van der Waals surface area (Å²) in [5, 5.41) is 4.43. The highest BCUT2D eigenvalue weighted by Crippen LogP contribution is 2.31. The monoisotopic (exact) mass is 211 g/mol. The average molecular weight is 211 g/mol. The van der Waals surface area contributed by atoms with Gasteiger partial charge in [-0.2, -0.15) is 4.37 Å². The number of nitrogens with zero attached hydrogens (tertiary/aromatic N) is 2. The predicted octanol–water partition coefficient (Wildman–Crippen LogP) is 2.70. The second kappa shape index (κ2) is 4.26. The molecule has 78 valence electrons. The summed E-state index contributed by atoms with van der Waals surface area (Å²) in [5.74, 6) is 1.81. The molecule has 1 heterocycles. The summed E-state index contributed by atoms with van der Waals surface area (Å²) in [6.45, 7) is 4.33. The summed E-state index contributed by atoms with van der Waals surface area (Å²) in [4.78, 5) is 4.41. The van der Waals surface area contributed by atoms with E-state index < -0.39 is 0 Å². The van der Waals surface area contributed by atoms with Crippen LogP contribution in [0.4, 0.5) is 5.13 Å². The highest BCUT2D eigenvalue weighted by Gasteiger charge is 2.24. The summed E-state index contributed by atoms with van der Waals surface area (Å²) in [6.07, 6.45) is 5.06. The third kappa shape index (κ3) is 2.05. The van der Waals surface area contributed by atoms with Crippen molar-refractivity contribution in [2.45, 2.75) is 45.6 Å². The van der Waals surface area contributed by atoms with E-state index in [1.165, 1.54) is 30.8 Å². The number of aromatic nitrogens is 2. The first-order chi connectivity index (χ1) is 6.79. The van der Waals surface area contributed by atoms with Crippen LogP contribution in [-0.4, -0.2) is 15.4 Å². The van der Waals surface area contributed by atoms with Crippen LogP contribution in [0.3, 0.4) is 0 Å². The van der Waals surface area contributed by atoms with Crippen molar-refractivity contribution in [3.05, 3.63) is 5.82 Å². The fourth-order valence-corrected chi connectivity index (χ4v) is 2.46. The van der Waals surface area contributed by atoms with E-state index in [1.807, 2.05) is 0 Å². The Morgan fingerprint density at radius 2 is 2.36 bits per heavy atom. The van der Waals surface area contributed by atoms with Crippen LogP contribution in [0.5, 0.6) is 0 Å². The molecule has 1 N–H and O–H groups in total. The van der Waals surface area contributed by atoms with Crippen LogP contribution in [-0.2, 0) is 6.42 Å². The van der Waals surface area contributed by atoms with Crippen molar-refractivity contribution < 1.29 is 0 Å². The molecule has 3 nitrogen and oxygen atoms in total. The van der Waals surface area contributed by atoms with E-state index in [0.29, 0.717) is 6.04 Å². The van der Waals surface area contributed by atoms with Crippen molar-refractivity contribution in [2.24, 2.45) is 5.92 Å². The molecule has 1 aromatic heterocycles. The van der Waals surface area contributed by atoms with Gasteiger partial charge < -0.3 is 5.32 Å². The van der Waals surface area contributed by atoms with Crippen molar-refractivity contribution in [3.8, 4) is 0 Å². The molecule has 1 aromatic rings. The molecule has 0 bridgehead atoms. The van der Waals surface area contributed by atoms with Gasteiger partial charge in [0.25, 0.3) is 0 Å². The van der Waals surface area contributed by atoms with E-state index in [-0.39, 0.29) is 0 Å². The molecule has 14 heavy (non-hydrogen) atoms. The highest BCUT2D eigenvalue weighted by molar-refractivity contribution is 7.09. The van der Waals surface area contributed by atoms with Crippen molar-refractivity contribution in [1.82, 2.24) is 9.36 Å². The smallest absolute Gasteiger partial charge is 0.202 e. The van der Waals surface area contributed by atoms with Crippen LogP contribution < -0.4 is 5.32 Å². The van der Waals surface area contributed by atoms with Crippen LogP contribution in [0, 0.1) is 5.92 Å². The zero-order chi connectivity index (χ0) is 9.97. The van der Waals surface area contributed by atoms with Gasteiger partial charge in [-0.3, -0.25) is 0 Å². The second-order valence-corrected chi connectivity index (χ2v) is 4.75. The van der Waals surface area contributed by atoms with Crippen molar-refractivity contribution >= 4 is 16.7 Å². The lowest BCUT2D eigenvalue weighted by Gasteiger charge is -2.31. The number of hydrogen-bond acceptors (Lipinski definition) is 4. The summed E-state index contributed by atoms with van der Waals surface area (Å²) in [7, 11) is 0.